The first kappa shape index (κ1) is 12.4. The van der Waals surface area contributed by atoms with E-state index in [0.717, 1.165) is 22.9 Å². The average Bonchev–Trinajstić information content (AvgIpc) is 2.88. The third kappa shape index (κ3) is 2.16. The van der Waals surface area contributed by atoms with E-state index >= 15 is 0 Å². The number of nitrogens with two attached hydrogens (primary N) is 1. The summed E-state index contributed by atoms with van der Waals surface area (Å²) in [5, 5.41) is 0. The molecule has 0 spiro atoms. The molecule has 0 aliphatic carbocycles. The highest BCUT2D eigenvalue weighted by Gasteiger charge is 2.15. The average molecular weight is 265 g/mol. The van der Waals surface area contributed by atoms with E-state index in [1.54, 1.807) is 6.33 Å². The van der Waals surface area contributed by atoms with E-state index in [1.165, 1.54) is 0 Å². The van der Waals surface area contributed by atoms with E-state index in [0.29, 0.717) is 12.1 Å². The van der Waals surface area contributed by atoms with Gasteiger partial charge in [-0.2, -0.15) is 0 Å². The van der Waals surface area contributed by atoms with Crippen molar-refractivity contribution in [2.75, 3.05) is 5.73 Å². The first-order chi connectivity index (χ1) is 9.79. The van der Waals surface area contributed by atoms with Crippen LogP contribution in [0.15, 0.2) is 54.9 Å². The van der Waals surface area contributed by atoms with Gasteiger partial charge in [-0.1, -0.05) is 30.3 Å². The number of hydrogen-bond acceptors (Lipinski definition) is 3. The Morgan fingerprint density at radius 2 is 2.00 bits per heavy atom. The summed E-state index contributed by atoms with van der Waals surface area (Å²) in [6, 6.07) is 15.5. The van der Waals surface area contributed by atoms with Gasteiger partial charge in [0.2, 0.25) is 0 Å². The van der Waals surface area contributed by atoms with E-state index in [4.69, 9.17) is 5.73 Å². The molecule has 4 heteroatoms. The highest BCUT2D eigenvalue weighted by Crippen LogP contribution is 2.26. The highest BCUT2D eigenvalue weighted by atomic mass is 16.1. The van der Waals surface area contributed by atoms with Crippen LogP contribution in [0.25, 0.3) is 11.0 Å². The molecule has 3 aromatic rings. The highest BCUT2D eigenvalue weighted by molar-refractivity contribution is 5.79. The van der Waals surface area contributed by atoms with Crippen molar-refractivity contribution in [1.82, 2.24) is 9.55 Å². The molecule has 0 amide bonds. The maximum atomic E-state index is 11.0. The molecule has 0 saturated heterocycles. The van der Waals surface area contributed by atoms with E-state index < -0.39 is 0 Å². The van der Waals surface area contributed by atoms with Gasteiger partial charge < -0.3 is 15.1 Å². The maximum absolute atomic E-state index is 11.0. The minimum absolute atomic E-state index is 0.0551. The second-order valence-electron chi connectivity index (χ2n) is 4.73. The molecule has 3 rings (SSSR count). The van der Waals surface area contributed by atoms with E-state index in [-0.39, 0.29) is 6.04 Å². The van der Waals surface area contributed by atoms with Crippen molar-refractivity contribution in [2.45, 2.75) is 12.5 Å². The van der Waals surface area contributed by atoms with Crippen molar-refractivity contribution in [3.8, 4) is 0 Å². The Bertz CT molecular complexity index is 734. The number of nitrogen functional groups attached to an aromatic ring is 1. The Morgan fingerprint density at radius 3 is 2.75 bits per heavy atom. The molecule has 2 N–H and O–H groups in total. The third-order valence-electron chi connectivity index (χ3n) is 3.44. The predicted octanol–water partition coefficient (Wildman–Crippen LogP) is 2.80. The second kappa shape index (κ2) is 5.17. The van der Waals surface area contributed by atoms with Gasteiger partial charge in [0, 0.05) is 12.1 Å². The van der Waals surface area contributed by atoms with Crippen molar-refractivity contribution in [3.63, 3.8) is 0 Å². The summed E-state index contributed by atoms with van der Waals surface area (Å²) >= 11 is 0. The van der Waals surface area contributed by atoms with E-state index in [2.05, 4.69) is 4.98 Å². The lowest BCUT2D eigenvalue weighted by Gasteiger charge is -2.17. The first-order valence-electron chi connectivity index (χ1n) is 6.50. The van der Waals surface area contributed by atoms with Gasteiger partial charge in [0.15, 0.2) is 0 Å². The Balaban J connectivity index is 2.14. The molecule has 4 nitrogen and oxygen atoms in total. The Labute approximate surface area is 116 Å². The Morgan fingerprint density at radius 1 is 1.20 bits per heavy atom. The normalized spacial score (nSPS) is 12.4. The third-order valence-corrected chi connectivity index (χ3v) is 3.44. The van der Waals surface area contributed by atoms with Crippen molar-refractivity contribution in [1.29, 1.82) is 0 Å². The summed E-state index contributed by atoms with van der Waals surface area (Å²) < 4.78 is 2.01. The molecule has 1 atom stereocenters. The lowest BCUT2D eigenvalue weighted by molar-refractivity contribution is -0.108. The number of anilines is 1. The number of rotatable bonds is 4. The number of benzene rings is 2. The van der Waals surface area contributed by atoms with Gasteiger partial charge in [-0.3, -0.25) is 0 Å². The fourth-order valence-corrected chi connectivity index (χ4v) is 2.47. The minimum Gasteiger partial charge on any atom is -0.399 e. The summed E-state index contributed by atoms with van der Waals surface area (Å²) in [5.74, 6) is 0. The molecule has 0 radical (unpaired) electrons. The van der Waals surface area contributed by atoms with Crippen LogP contribution in [0, 0.1) is 0 Å². The quantitative estimate of drug-likeness (QED) is 0.583. The van der Waals surface area contributed by atoms with Crippen LogP contribution in [0.4, 0.5) is 5.69 Å². The number of carbonyl (C=O) groups is 1. The molecule has 0 fully saturated rings. The van der Waals surface area contributed by atoms with Gasteiger partial charge in [-0.15, -0.1) is 0 Å². The zero-order valence-electron chi connectivity index (χ0n) is 10.9. The molecule has 1 aromatic heterocycles. The number of fused-ring (bicyclic) bond motifs is 1. The van der Waals surface area contributed by atoms with Crippen LogP contribution in [0.5, 0.6) is 0 Å². The predicted molar refractivity (Wildman–Crippen MR) is 79.4 cm³/mol. The second-order valence-corrected chi connectivity index (χ2v) is 4.73. The van der Waals surface area contributed by atoms with Crippen LogP contribution >= 0.6 is 0 Å². The molecule has 1 heterocycles. The lowest BCUT2D eigenvalue weighted by Crippen LogP contribution is -2.10. The number of hydrogen-bond donors (Lipinski definition) is 1. The van der Waals surface area contributed by atoms with Gasteiger partial charge >= 0.3 is 0 Å². The Kier molecular flexibility index (Phi) is 3.21. The first-order valence-corrected chi connectivity index (χ1v) is 6.50. The molecule has 100 valence electrons. The fourth-order valence-electron chi connectivity index (χ4n) is 2.47. The lowest BCUT2D eigenvalue weighted by atomic mass is 10.0. The fraction of sp³-hybridized carbons (Fsp3) is 0.125. The summed E-state index contributed by atoms with van der Waals surface area (Å²) in [6.07, 6.45) is 3.12. The number of nitrogens with zero attached hydrogens (tertiary/aromatic N) is 2. The van der Waals surface area contributed by atoms with Crippen LogP contribution in [0.3, 0.4) is 0 Å². The van der Waals surface area contributed by atoms with Crippen LogP contribution < -0.4 is 5.73 Å². The molecule has 1 unspecified atom stereocenters. The Hall–Kier alpha value is -2.62. The van der Waals surface area contributed by atoms with Crippen molar-refractivity contribution < 1.29 is 4.79 Å². The molecule has 0 saturated carbocycles. The molecule has 0 aliphatic rings. The summed E-state index contributed by atoms with van der Waals surface area (Å²) in [4.78, 5) is 15.4. The topological polar surface area (TPSA) is 60.9 Å². The van der Waals surface area contributed by atoms with Crippen molar-refractivity contribution in [3.05, 3.63) is 60.4 Å². The van der Waals surface area contributed by atoms with Gasteiger partial charge in [0.25, 0.3) is 0 Å². The monoisotopic (exact) mass is 265 g/mol. The standard InChI is InChI=1S/C16H15N3O/c17-13-6-7-14-16(10-13)19(11-18-14)15(8-9-20)12-4-2-1-3-5-12/h1-7,9-11,15H,8,17H2. The summed E-state index contributed by atoms with van der Waals surface area (Å²) in [6.45, 7) is 0. The smallest absolute Gasteiger partial charge is 0.122 e. The molecule has 20 heavy (non-hydrogen) atoms. The zero-order chi connectivity index (χ0) is 13.9. The van der Waals surface area contributed by atoms with Gasteiger partial charge in [-0.05, 0) is 23.8 Å². The summed E-state index contributed by atoms with van der Waals surface area (Å²) in [5.41, 5.74) is 9.46. The number of carbonyl (C=O) groups excluding carboxylic acids is 1. The number of imidazole rings is 1. The van der Waals surface area contributed by atoms with Gasteiger partial charge in [0.1, 0.15) is 6.29 Å². The van der Waals surface area contributed by atoms with E-state index in [1.807, 2.05) is 53.1 Å². The van der Waals surface area contributed by atoms with E-state index in [9.17, 15) is 4.79 Å². The largest absolute Gasteiger partial charge is 0.399 e. The van der Waals surface area contributed by atoms with Gasteiger partial charge in [0.05, 0.1) is 23.4 Å². The van der Waals surface area contributed by atoms with Gasteiger partial charge in [-0.25, -0.2) is 4.98 Å². The number of aromatic nitrogens is 2. The molecule has 0 aliphatic heterocycles. The number of aldehydes is 1. The minimum atomic E-state index is -0.0551. The van der Waals surface area contributed by atoms with Crippen LogP contribution in [-0.4, -0.2) is 15.8 Å². The molecular formula is C16H15N3O. The molecule has 0 bridgehead atoms. The van der Waals surface area contributed by atoms with Crippen molar-refractivity contribution >= 4 is 23.0 Å². The summed E-state index contributed by atoms with van der Waals surface area (Å²) in [7, 11) is 0. The van der Waals surface area contributed by atoms with Crippen LogP contribution in [0.1, 0.15) is 18.0 Å². The SMILES string of the molecule is Nc1ccc2ncn(C(CC=O)c3ccccc3)c2c1. The van der Waals surface area contributed by atoms with Crippen LogP contribution in [0.2, 0.25) is 0 Å². The zero-order valence-corrected chi connectivity index (χ0v) is 10.9. The molecular weight excluding hydrogens is 250 g/mol. The maximum Gasteiger partial charge on any atom is 0.122 e. The van der Waals surface area contributed by atoms with Crippen LogP contribution in [-0.2, 0) is 4.79 Å². The van der Waals surface area contributed by atoms with Crippen molar-refractivity contribution in [2.24, 2.45) is 0 Å². The molecule has 2 aromatic carbocycles.